The van der Waals surface area contributed by atoms with Crippen molar-refractivity contribution in [1.82, 2.24) is 9.88 Å². The van der Waals surface area contributed by atoms with E-state index < -0.39 is 5.60 Å². The Balaban J connectivity index is 2.24. The maximum atomic E-state index is 12.7. The predicted octanol–water partition coefficient (Wildman–Crippen LogP) is 4.31. The number of pyridine rings is 1. The molecule has 0 unspecified atom stereocenters. The van der Waals surface area contributed by atoms with Gasteiger partial charge in [-0.15, -0.1) is 0 Å². The molecule has 0 aliphatic carbocycles. The van der Waals surface area contributed by atoms with Gasteiger partial charge in [0.2, 0.25) is 6.41 Å². The number of rotatable bonds is 5. The van der Waals surface area contributed by atoms with Crippen LogP contribution in [0.5, 0.6) is 0 Å². The summed E-state index contributed by atoms with van der Waals surface area (Å²) >= 11 is 0. The number of anilines is 1. The van der Waals surface area contributed by atoms with Gasteiger partial charge in [-0.1, -0.05) is 13.0 Å². The maximum Gasteiger partial charge on any atom is 0.416 e. The van der Waals surface area contributed by atoms with E-state index in [2.05, 4.69) is 4.98 Å². The molecule has 0 spiro atoms. The van der Waals surface area contributed by atoms with Crippen molar-refractivity contribution in [3.63, 3.8) is 0 Å². The van der Waals surface area contributed by atoms with Crippen molar-refractivity contribution in [1.29, 1.82) is 0 Å². The molecular weight excluding hydrogens is 330 g/mol. The van der Waals surface area contributed by atoms with Crippen LogP contribution in [-0.2, 0) is 9.53 Å². The number of hydrogen-bond acceptors (Lipinski definition) is 4. The van der Waals surface area contributed by atoms with Crippen LogP contribution >= 0.6 is 0 Å². The topological polar surface area (TPSA) is 62.7 Å². The smallest absolute Gasteiger partial charge is 0.416 e. The fourth-order valence-corrected chi connectivity index (χ4v) is 3.17. The van der Waals surface area contributed by atoms with E-state index in [1.807, 2.05) is 51.7 Å². The molecule has 0 radical (unpaired) electrons. The van der Waals surface area contributed by atoms with Gasteiger partial charge in [-0.2, -0.15) is 0 Å². The third-order valence-corrected chi connectivity index (χ3v) is 4.70. The van der Waals surface area contributed by atoms with Gasteiger partial charge in [0.05, 0.1) is 6.04 Å². The van der Waals surface area contributed by atoms with E-state index in [0.717, 1.165) is 44.2 Å². The van der Waals surface area contributed by atoms with E-state index >= 15 is 0 Å². The molecule has 1 aromatic rings. The Morgan fingerprint density at radius 2 is 2.15 bits per heavy atom. The number of aromatic nitrogens is 1. The second kappa shape index (κ2) is 8.52. The summed E-state index contributed by atoms with van der Waals surface area (Å²) in [4.78, 5) is 31.9. The number of carbonyl (C=O) groups is 2. The van der Waals surface area contributed by atoms with Crippen molar-refractivity contribution in [2.45, 2.75) is 78.0 Å². The first-order valence-corrected chi connectivity index (χ1v) is 9.46. The summed E-state index contributed by atoms with van der Waals surface area (Å²) in [6.07, 6.45) is 6.20. The monoisotopic (exact) mass is 361 g/mol. The van der Waals surface area contributed by atoms with Crippen molar-refractivity contribution < 1.29 is 14.3 Å². The predicted molar refractivity (Wildman–Crippen MR) is 102 cm³/mol. The van der Waals surface area contributed by atoms with Crippen LogP contribution in [0, 0.1) is 0 Å². The molecule has 1 aromatic heterocycles. The molecule has 2 amide bonds. The highest BCUT2D eigenvalue weighted by atomic mass is 16.6. The second-order valence-corrected chi connectivity index (χ2v) is 7.91. The first-order valence-electron chi connectivity index (χ1n) is 9.46. The average molecular weight is 361 g/mol. The number of nitrogens with zero attached hydrogens (tertiary/aromatic N) is 3. The van der Waals surface area contributed by atoms with Gasteiger partial charge in [0, 0.05) is 18.8 Å². The highest BCUT2D eigenvalue weighted by molar-refractivity contribution is 5.87. The number of likely N-dealkylation sites (tertiary alicyclic amines) is 1. The zero-order valence-electron chi connectivity index (χ0n) is 16.6. The fourth-order valence-electron chi connectivity index (χ4n) is 3.17. The van der Waals surface area contributed by atoms with E-state index in [9.17, 15) is 9.59 Å². The Labute approximate surface area is 156 Å². The molecule has 1 aliphatic heterocycles. The normalized spacial score (nSPS) is 19.0. The molecular formula is C20H31N3O3. The van der Waals surface area contributed by atoms with Crippen LogP contribution in [0.4, 0.5) is 10.6 Å². The number of ether oxygens (including phenoxy) is 1. The van der Waals surface area contributed by atoms with Crippen molar-refractivity contribution in [2.75, 3.05) is 11.4 Å². The van der Waals surface area contributed by atoms with Crippen LogP contribution in [0.25, 0.3) is 0 Å². The lowest BCUT2D eigenvalue weighted by Crippen LogP contribution is -2.42. The Hall–Kier alpha value is -2.11. The van der Waals surface area contributed by atoms with E-state index in [1.165, 1.54) is 0 Å². The van der Waals surface area contributed by atoms with Crippen LogP contribution in [-0.4, -0.2) is 40.6 Å². The summed E-state index contributed by atoms with van der Waals surface area (Å²) < 4.78 is 5.55. The minimum absolute atomic E-state index is 0.0237. The molecule has 144 valence electrons. The average Bonchev–Trinajstić information content (AvgIpc) is 2.60. The van der Waals surface area contributed by atoms with Gasteiger partial charge >= 0.3 is 6.09 Å². The van der Waals surface area contributed by atoms with Crippen LogP contribution in [0.15, 0.2) is 18.3 Å². The summed E-state index contributed by atoms with van der Waals surface area (Å²) in [7, 11) is 0. The number of carbonyl (C=O) groups excluding carboxylic acids is 2. The molecule has 0 N–H and O–H groups in total. The molecule has 0 aromatic carbocycles. The Morgan fingerprint density at radius 1 is 1.42 bits per heavy atom. The third-order valence-electron chi connectivity index (χ3n) is 4.70. The van der Waals surface area contributed by atoms with Gasteiger partial charge in [-0.05, 0) is 65.0 Å². The molecule has 2 heterocycles. The highest BCUT2D eigenvalue weighted by Gasteiger charge is 2.28. The minimum Gasteiger partial charge on any atom is -0.443 e. The number of piperidine rings is 1. The van der Waals surface area contributed by atoms with Gasteiger partial charge in [-0.25, -0.2) is 9.78 Å². The third kappa shape index (κ3) is 4.96. The van der Waals surface area contributed by atoms with Gasteiger partial charge < -0.3 is 9.64 Å². The summed E-state index contributed by atoms with van der Waals surface area (Å²) in [6.45, 7) is 10.4. The molecule has 6 heteroatoms. The lowest BCUT2D eigenvalue weighted by Gasteiger charge is -2.33. The molecule has 1 saturated heterocycles. The van der Waals surface area contributed by atoms with Crippen LogP contribution in [0.1, 0.15) is 71.9 Å². The van der Waals surface area contributed by atoms with E-state index in [-0.39, 0.29) is 18.2 Å². The van der Waals surface area contributed by atoms with Crippen molar-refractivity contribution in [2.24, 2.45) is 0 Å². The summed E-state index contributed by atoms with van der Waals surface area (Å²) in [6, 6.07) is 3.86. The van der Waals surface area contributed by atoms with Crippen LogP contribution in [0.3, 0.4) is 0 Å². The van der Waals surface area contributed by atoms with Crippen LogP contribution in [0.2, 0.25) is 0 Å². The SMILES string of the molecule is CC[C@@H](C)N(C(=O)OC(C)(C)C)c1ccc([C@H]2CCCCN2C=O)cn1. The standard InChI is InChI=1S/C20H31N3O3/c1-6-15(2)23(19(25)26-20(3,4)5)18-11-10-16(13-21-18)17-9-7-8-12-22(17)14-24/h10-11,13-15,17H,6-9,12H2,1-5H3/t15-,17-/m1/s1. The van der Waals surface area contributed by atoms with Crippen molar-refractivity contribution in [3.05, 3.63) is 23.9 Å². The molecule has 6 nitrogen and oxygen atoms in total. The highest BCUT2D eigenvalue weighted by Crippen LogP contribution is 2.30. The Morgan fingerprint density at radius 3 is 2.69 bits per heavy atom. The fraction of sp³-hybridized carbons (Fsp3) is 0.650. The van der Waals surface area contributed by atoms with Gasteiger partial charge in [0.1, 0.15) is 11.4 Å². The largest absolute Gasteiger partial charge is 0.443 e. The Bertz CT molecular complexity index is 610. The molecule has 0 bridgehead atoms. The quantitative estimate of drug-likeness (QED) is 0.733. The maximum absolute atomic E-state index is 12.7. The van der Waals surface area contributed by atoms with Crippen molar-refractivity contribution in [3.8, 4) is 0 Å². The summed E-state index contributed by atoms with van der Waals surface area (Å²) in [5, 5.41) is 0. The van der Waals surface area contributed by atoms with E-state index in [4.69, 9.17) is 4.74 Å². The zero-order valence-corrected chi connectivity index (χ0v) is 16.6. The summed E-state index contributed by atoms with van der Waals surface area (Å²) in [5.41, 5.74) is 0.448. The Kier molecular flexibility index (Phi) is 6.62. The lowest BCUT2D eigenvalue weighted by molar-refractivity contribution is -0.121. The molecule has 1 aliphatic rings. The van der Waals surface area contributed by atoms with Gasteiger partial charge in [-0.3, -0.25) is 9.69 Å². The molecule has 2 rings (SSSR count). The van der Waals surface area contributed by atoms with E-state index in [1.54, 1.807) is 11.1 Å². The first kappa shape index (κ1) is 20.2. The molecule has 2 atom stereocenters. The molecule has 26 heavy (non-hydrogen) atoms. The summed E-state index contributed by atoms with van der Waals surface area (Å²) in [5.74, 6) is 0.575. The van der Waals surface area contributed by atoms with Crippen molar-refractivity contribution >= 4 is 18.3 Å². The van der Waals surface area contributed by atoms with Gasteiger partial charge in [0.25, 0.3) is 0 Å². The first-order chi connectivity index (χ1) is 12.3. The lowest BCUT2D eigenvalue weighted by atomic mass is 9.97. The molecule has 0 saturated carbocycles. The second-order valence-electron chi connectivity index (χ2n) is 7.91. The number of amides is 2. The zero-order chi connectivity index (χ0) is 19.3. The minimum atomic E-state index is -0.560. The van der Waals surface area contributed by atoms with Gasteiger partial charge in [0.15, 0.2) is 0 Å². The van der Waals surface area contributed by atoms with Crippen LogP contribution < -0.4 is 4.90 Å². The number of hydrogen-bond donors (Lipinski definition) is 0. The molecule has 1 fully saturated rings. The van der Waals surface area contributed by atoms with E-state index in [0.29, 0.717) is 5.82 Å².